The van der Waals surface area contributed by atoms with E-state index in [0.29, 0.717) is 6.42 Å². The van der Waals surface area contributed by atoms with Gasteiger partial charge >= 0.3 is 5.97 Å². The number of esters is 1. The highest BCUT2D eigenvalue weighted by Gasteiger charge is 2.45. The number of carbonyl (C=O) groups excluding carboxylic acids is 1. The van der Waals surface area contributed by atoms with Gasteiger partial charge in [-0.3, -0.25) is 4.99 Å². The van der Waals surface area contributed by atoms with Crippen LogP contribution in [0.4, 0.5) is 0 Å². The van der Waals surface area contributed by atoms with Crippen molar-refractivity contribution in [1.29, 1.82) is 0 Å². The number of aliphatic imine (C=N–C) groups is 1. The summed E-state index contributed by atoms with van der Waals surface area (Å²) >= 11 is 0. The van der Waals surface area contributed by atoms with Crippen molar-refractivity contribution in [1.82, 2.24) is 4.90 Å². The summed E-state index contributed by atoms with van der Waals surface area (Å²) in [6, 6.07) is -0.239. The summed E-state index contributed by atoms with van der Waals surface area (Å²) < 4.78 is 11.5. The Labute approximate surface area is 135 Å². The first kappa shape index (κ1) is 17.5. The standard InChI is InChI=1S/C16H30N2O3Si/c1-16(2,3)22(5,6)21-12-10-13(15(19)20-4)18(11-12)14-8-7-9-17-14/h12-13H,7-11H2,1-6H3/t12-,13?/m1/s1. The number of hydrogen-bond donors (Lipinski definition) is 0. The Bertz CT molecular complexity index is 457. The third-order valence-electron chi connectivity index (χ3n) is 5.19. The molecule has 0 aromatic heterocycles. The highest BCUT2D eigenvalue weighted by Crippen LogP contribution is 2.39. The van der Waals surface area contributed by atoms with Crippen LogP contribution in [0.2, 0.25) is 18.1 Å². The zero-order valence-corrected chi connectivity index (χ0v) is 15.8. The molecule has 126 valence electrons. The number of amidine groups is 1. The number of methoxy groups -OCH3 is 1. The first-order valence-electron chi connectivity index (χ1n) is 8.21. The maximum absolute atomic E-state index is 12.1. The second kappa shape index (κ2) is 6.32. The lowest BCUT2D eigenvalue weighted by Crippen LogP contribution is -2.44. The van der Waals surface area contributed by atoms with E-state index in [9.17, 15) is 4.79 Å². The Hall–Kier alpha value is -0.883. The summed E-state index contributed by atoms with van der Waals surface area (Å²) in [6.45, 7) is 12.9. The van der Waals surface area contributed by atoms with E-state index >= 15 is 0 Å². The molecular formula is C16H30N2O3Si. The molecule has 2 aliphatic heterocycles. The largest absolute Gasteiger partial charge is 0.467 e. The molecule has 5 nitrogen and oxygen atoms in total. The summed E-state index contributed by atoms with van der Waals surface area (Å²) in [6.07, 6.45) is 2.83. The van der Waals surface area contributed by atoms with Crippen LogP contribution in [-0.4, -0.2) is 57.4 Å². The first-order valence-corrected chi connectivity index (χ1v) is 11.1. The molecule has 6 heteroatoms. The molecule has 0 spiro atoms. The second-order valence-electron chi connectivity index (χ2n) is 7.83. The average Bonchev–Trinajstić information content (AvgIpc) is 3.04. The smallest absolute Gasteiger partial charge is 0.328 e. The number of nitrogens with zero attached hydrogens (tertiary/aromatic N) is 2. The third kappa shape index (κ3) is 3.54. The summed E-state index contributed by atoms with van der Waals surface area (Å²) in [5, 5.41) is 0.173. The minimum Gasteiger partial charge on any atom is -0.467 e. The average molecular weight is 327 g/mol. The zero-order valence-electron chi connectivity index (χ0n) is 14.8. The van der Waals surface area contributed by atoms with Gasteiger partial charge in [-0.25, -0.2) is 4.79 Å². The van der Waals surface area contributed by atoms with Crippen LogP contribution in [0, 0.1) is 0 Å². The Morgan fingerprint density at radius 1 is 1.36 bits per heavy atom. The minimum absolute atomic E-state index is 0.0910. The van der Waals surface area contributed by atoms with Crippen LogP contribution in [0.1, 0.15) is 40.0 Å². The van der Waals surface area contributed by atoms with Gasteiger partial charge in [0.1, 0.15) is 6.04 Å². The van der Waals surface area contributed by atoms with Gasteiger partial charge in [0.25, 0.3) is 0 Å². The molecule has 1 saturated heterocycles. The van der Waals surface area contributed by atoms with E-state index in [0.717, 1.165) is 31.8 Å². The van der Waals surface area contributed by atoms with Crippen LogP contribution in [0.3, 0.4) is 0 Å². The molecule has 2 aliphatic rings. The zero-order chi connectivity index (χ0) is 16.5. The van der Waals surface area contributed by atoms with Crippen molar-refractivity contribution in [2.24, 2.45) is 4.99 Å². The van der Waals surface area contributed by atoms with Crippen LogP contribution in [0.25, 0.3) is 0 Å². The van der Waals surface area contributed by atoms with E-state index in [1.807, 2.05) is 0 Å². The van der Waals surface area contributed by atoms with E-state index in [-0.39, 0.29) is 23.2 Å². The maximum atomic E-state index is 12.1. The lowest BCUT2D eigenvalue weighted by molar-refractivity contribution is -0.144. The fraction of sp³-hybridized carbons (Fsp3) is 0.875. The molecule has 0 aromatic rings. The van der Waals surface area contributed by atoms with Gasteiger partial charge in [-0.15, -0.1) is 0 Å². The van der Waals surface area contributed by atoms with Crippen molar-refractivity contribution in [2.75, 3.05) is 20.2 Å². The lowest BCUT2D eigenvalue weighted by Gasteiger charge is -2.38. The molecule has 2 heterocycles. The molecule has 0 N–H and O–H groups in total. The second-order valence-corrected chi connectivity index (χ2v) is 12.6. The first-order chi connectivity index (χ1) is 10.2. The van der Waals surface area contributed by atoms with Gasteiger partial charge in [-0.2, -0.15) is 0 Å². The van der Waals surface area contributed by atoms with Gasteiger partial charge in [0.05, 0.1) is 19.0 Å². The van der Waals surface area contributed by atoms with Crippen molar-refractivity contribution in [3.63, 3.8) is 0 Å². The number of hydrogen-bond acceptors (Lipinski definition) is 5. The molecule has 0 aromatic carbocycles. The van der Waals surface area contributed by atoms with Gasteiger partial charge in [0.2, 0.25) is 0 Å². The number of likely N-dealkylation sites (tertiary alicyclic amines) is 1. The van der Waals surface area contributed by atoms with E-state index in [2.05, 4.69) is 43.8 Å². The molecular weight excluding hydrogens is 296 g/mol. The topological polar surface area (TPSA) is 51.1 Å². The van der Waals surface area contributed by atoms with E-state index in [1.54, 1.807) is 0 Å². The molecule has 0 amide bonds. The lowest BCUT2D eigenvalue weighted by atomic mass is 10.2. The Morgan fingerprint density at radius 3 is 2.55 bits per heavy atom. The number of carbonyl (C=O) groups is 1. The van der Waals surface area contributed by atoms with E-state index in [4.69, 9.17) is 9.16 Å². The molecule has 1 fully saturated rings. The van der Waals surface area contributed by atoms with Crippen LogP contribution in [-0.2, 0) is 14.0 Å². The molecule has 2 atom stereocenters. The predicted molar refractivity (Wildman–Crippen MR) is 90.7 cm³/mol. The van der Waals surface area contributed by atoms with Crippen LogP contribution >= 0.6 is 0 Å². The van der Waals surface area contributed by atoms with E-state index < -0.39 is 8.32 Å². The summed E-state index contributed by atoms with van der Waals surface area (Å²) in [5.74, 6) is 0.882. The van der Waals surface area contributed by atoms with Gasteiger partial charge in [0, 0.05) is 25.9 Å². The number of rotatable bonds is 3. The van der Waals surface area contributed by atoms with Crippen molar-refractivity contribution in [2.45, 2.75) is 70.3 Å². The number of ether oxygens (including phenoxy) is 1. The van der Waals surface area contributed by atoms with Crippen molar-refractivity contribution in [3.05, 3.63) is 0 Å². The fourth-order valence-electron chi connectivity index (χ4n) is 2.88. The summed E-state index contributed by atoms with van der Waals surface area (Å²) in [7, 11) is -0.375. The van der Waals surface area contributed by atoms with Crippen molar-refractivity contribution >= 4 is 20.1 Å². The third-order valence-corrected chi connectivity index (χ3v) is 9.72. The molecule has 0 aliphatic carbocycles. The van der Waals surface area contributed by atoms with Crippen LogP contribution in [0.5, 0.6) is 0 Å². The van der Waals surface area contributed by atoms with Gasteiger partial charge in [-0.05, 0) is 24.6 Å². The van der Waals surface area contributed by atoms with Crippen LogP contribution in [0.15, 0.2) is 4.99 Å². The van der Waals surface area contributed by atoms with Gasteiger partial charge < -0.3 is 14.1 Å². The van der Waals surface area contributed by atoms with Crippen LogP contribution < -0.4 is 0 Å². The van der Waals surface area contributed by atoms with Gasteiger partial charge in [-0.1, -0.05) is 20.8 Å². The Kier molecular flexibility index (Phi) is 5.02. The monoisotopic (exact) mass is 326 g/mol. The minimum atomic E-state index is -1.83. The SMILES string of the molecule is COC(=O)C1C[C@@H](O[Si](C)(C)C(C)(C)C)CN1C1=NCCC1. The molecule has 0 bridgehead atoms. The van der Waals surface area contributed by atoms with E-state index in [1.165, 1.54) is 7.11 Å². The Balaban J connectivity index is 2.11. The summed E-state index contributed by atoms with van der Waals surface area (Å²) in [4.78, 5) is 18.8. The molecule has 0 saturated carbocycles. The van der Waals surface area contributed by atoms with Crippen molar-refractivity contribution in [3.8, 4) is 0 Å². The van der Waals surface area contributed by atoms with Gasteiger partial charge in [0.15, 0.2) is 8.32 Å². The normalized spacial score (nSPS) is 26.3. The molecule has 0 radical (unpaired) electrons. The predicted octanol–water partition coefficient (Wildman–Crippen LogP) is 2.82. The molecule has 1 unspecified atom stereocenters. The molecule has 2 rings (SSSR count). The highest BCUT2D eigenvalue weighted by atomic mass is 28.4. The Morgan fingerprint density at radius 2 is 2.05 bits per heavy atom. The molecule has 22 heavy (non-hydrogen) atoms. The fourth-order valence-corrected chi connectivity index (χ4v) is 4.24. The summed E-state index contributed by atoms with van der Waals surface area (Å²) in [5.41, 5.74) is 0. The quantitative estimate of drug-likeness (QED) is 0.591. The maximum Gasteiger partial charge on any atom is 0.328 e. The van der Waals surface area contributed by atoms with Crippen molar-refractivity contribution < 1.29 is 14.0 Å². The highest BCUT2D eigenvalue weighted by molar-refractivity contribution is 6.74.